The highest BCUT2D eigenvalue weighted by molar-refractivity contribution is 7.46. The molecule has 356 valence electrons. The molecule has 0 aromatic heterocycles. The molecule has 1 rings (SSSR count). The number of phosphoric ester groups is 1. The number of carbonyl (C=O) groups is 7. The first-order valence-corrected chi connectivity index (χ1v) is 21.6. The number of cyclic esters (lactones) is 1. The second-order valence-corrected chi connectivity index (χ2v) is 16.9. The molecule has 0 aromatic carbocycles. The molecule has 1 heterocycles. The SMILES string of the molecule is CCC(C)/C=C(\C)C1OC(=O)[C@H](C(C)C)N(C)C(=O)C(COP(=O)(O)O)NC(=O)[C@H]([C@@H](C)C(=O)O)NC(=O)[C@@H]([C@@H](C)OC(=N)N)NC(=O)[C@H](O)CNC(=O)/C=C/C=C/CC(O)C1C. The number of nitrogens with two attached hydrogens (primary N) is 1. The van der Waals surface area contributed by atoms with Crippen LogP contribution in [0.25, 0.3) is 0 Å². The summed E-state index contributed by atoms with van der Waals surface area (Å²) in [4.78, 5) is 114. The number of carboxylic acid groups (broad SMARTS) is 1. The zero-order chi connectivity index (χ0) is 48.5. The fourth-order valence-electron chi connectivity index (χ4n) is 6.26. The lowest BCUT2D eigenvalue weighted by Gasteiger charge is -2.35. The number of carbonyl (C=O) groups excluding carboxylic acids is 6. The summed E-state index contributed by atoms with van der Waals surface area (Å²) >= 11 is 0. The number of allylic oxidation sites excluding steroid dienone is 3. The Morgan fingerprint density at radius 1 is 1.02 bits per heavy atom. The van der Waals surface area contributed by atoms with Crippen LogP contribution >= 0.6 is 7.82 Å². The van der Waals surface area contributed by atoms with Crippen LogP contribution < -0.4 is 27.0 Å². The molecule has 5 amide bonds. The number of nitrogens with zero attached hydrogens (tertiary/aromatic N) is 1. The van der Waals surface area contributed by atoms with Crippen molar-refractivity contribution in [3.05, 3.63) is 36.0 Å². The van der Waals surface area contributed by atoms with Gasteiger partial charge in [-0.3, -0.25) is 38.7 Å². The monoisotopic (exact) mass is 917 g/mol. The maximum atomic E-state index is 14.2. The third kappa shape index (κ3) is 18.6. The van der Waals surface area contributed by atoms with Crippen LogP contribution in [0.2, 0.25) is 0 Å². The predicted molar refractivity (Wildman–Crippen MR) is 225 cm³/mol. The first-order valence-electron chi connectivity index (χ1n) is 20.1. The number of esters is 1. The number of amidine groups is 1. The van der Waals surface area contributed by atoms with Gasteiger partial charge in [0.2, 0.25) is 23.6 Å². The molecule has 5 unspecified atom stereocenters. The van der Waals surface area contributed by atoms with Crippen molar-refractivity contribution in [1.29, 1.82) is 5.41 Å². The van der Waals surface area contributed by atoms with E-state index in [2.05, 4.69) is 25.8 Å². The number of nitrogens with one attached hydrogen (secondary N) is 5. The number of hydrogen-bond acceptors (Lipinski definition) is 14. The van der Waals surface area contributed by atoms with Gasteiger partial charge in [0, 0.05) is 19.0 Å². The van der Waals surface area contributed by atoms with Crippen LogP contribution in [0, 0.1) is 29.1 Å². The molecule has 24 heteroatoms. The molecule has 63 heavy (non-hydrogen) atoms. The molecule has 0 aliphatic carbocycles. The van der Waals surface area contributed by atoms with Crippen molar-refractivity contribution in [3.8, 4) is 0 Å². The Balaban J connectivity index is 4.01. The molecular formula is C39H64N7O16P. The number of aliphatic hydroxyl groups is 2. The lowest BCUT2D eigenvalue weighted by molar-refractivity contribution is -0.163. The molecule has 0 radical (unpaired) electrons. The van der Waals surface area contributed by atoms with Gasteiger partial charge in [-0.15, -0.1) is 0 Å². The van der Waals surface area contributed by atoms with Crippen molar-refractivity contribution in [3.63, 3.8) is 0 Å². The van der Waals surface area contributed by atoms with E-state index in [4.69, 9.17) is 20.6 Å². The lowest BCUT2D eigenvalue weighted by atomic mass is 9.89. The van der Waals surface area contributed by atoms with Gasteiger partial charge in [-0.05, 0) is 44.6 Å². The highest BCUT2D eigenvalue weighted by atomic mass is 31.2. The van der Waals surface area contributed by atoms with E-state index in [-0.39, 0.29) is 12.3 Å². The Labute approximate surface area is 366 Å². The maximum Gasteiger partial charge on any atom is 0.469 e. The highest BCUT2D eigenvalue weighted by Gasteiger charge is 2.42. The molecule has 0 fully saturated rings. The summed E-state index contributed by atoms with van der Waals surface area (Å²) in [5.74, 6) is -11.9. The summed E-state index contributed by atoms with van der Waals surface area (Å²) in [5, 5.41) is 47.9. The Morgan fingerprint density at radius 3 is 2.14 bits per heavy atom. The predicted octanol–water partition coefficient (Wildman–Crippen LogP) is -1.05. The molecule has 12 N–H and O–H groups in total. The second-order valence-electron chi connectivity index (χ2n) is 15.6. The summed E-state index contributed by atoms with van der Waals surface area (Å²) in [7, 11) is -4.21. The number of likely N-dealkylation sites (N-methyl/N-ethyl adjacent to an activating group) is 1. The zero-order valence-electron chi connectivity index (χ0n) is 36.8. The number of ether oxygens (including phenoxy) is 2. The van der Waals surface area contributed by atoms with E-state index >= 15 is 0 Å². The van der Waals surface area contributed by atoms with Crippen molar-refractivity contribution < 1.29 is 77.2 Å². The summed E-state index contributed by atoms with van der Waals surface area (Å²) in [6.07, 6.45) is 2.28. The molecule has 0 bridgehead atoms. The molecule has 0 saturated heterocycles. The second kappa shape index (κ2) is 25.8. The zero-order valence-corrected chi connectivity index (χ0v) is 37.7. The molecule has 11 atom stereocenters. The minimum absolute atomic E-state index is 0.0195. The molecule has 0 aromatic rings. The Hall–Kier alpha value is -5.19. The van der Waals surface area contributed by atoms with Gasteiger partial charge in [0.05, 0.1) is 25.2 Å². The molecule has 1 aliphatic heterocycles. The fourth-order valence-corrected chi connectivity index (χ4v) is 6.60. The van der Waals surface area contributed by atoms with Crippen LogP contribution in [0.1, 0.15) is 68.2 Å². The van der Waals surface area contributed by atoms with Crippen molar-refractivity contribution in [2.45, 2.75) is 117 Å². The summed E-state index contributed by atoms with van der Waals surface area (Å²) < 4.78 is 27.5. The summed E-state index contributed by atoms with van der Waals surface area (Å²) in [6, 6.07) is -8.48. The van der Waals surface area contributed by atoms with Gasteiger partial charge >= 0.3 is 19.8 Å². The van der Waals surface area contributed by atoms with Gasteiger partial charge in [-0.1, -0.05) is 65.3 Å². The Kier molecular flexibility index (Phi) is 22.9. The van der Waals surface area contributed by atoms with Crippen molar-refractivity contribution in [1.82, 2.24) is 26.2 Å². The number of β-amino-alcohol motifs (C(OH)–C–C–N with tert-alkyl or cyclic N) is 1. The number of aliphatic hydroxyl groups excluding tert-OH is 2. The standard InChI is InChI=1S/C39H64N7O16P/c1-10-20(4)16-21(5)32-22(6)26(47)14-12-11-13-15-28(49)42-17-27(48)33(50)45-30(24(8)61-39(40)41)35(52)44-29(23(7)37(54)55)34(51)43-25(18-60-63(57,58)59)36(53)46(9)31(19(2)3)38(56)62-32/h11-13,15-16,19-20,22-27,29-32,47-48H,10,14,17-18H2,1-9H3,(H3,40,41)(H,42,49)(H,43,51)(H,44,52)(H,45,50)(H,54,55)(H2,57,58,59)/b12-11+,15-13+,21-16+/t20?,22?,23-,24-,25?,26?,27-,29+,30-,31+,32?/m1/s1. The van der Waals surface area contributed by atoms with Crippen LogP contribution in [-0.2, 0) is 52.1 Å². The average Bonchev–Trinajstić information content (AvgIpc) is 3.18. The Morgan fingerprint density at radius 2 is 1.60 bits per heavy atom. The van der Waals surface area contributed by atoms with Crippen LogP contribution in [0.3, 0.4) is 0 Å². The molecule has 0 saturated carbocycles. The van der Waals surface area contributed by atoms with E-state index < -0.39 is 135 Å². The minimum atomic E-state index is -5.36. The van der Waals surface area contributed by atoms with E-state index in [1.807, 2.05) is 19.9 Å². The molecular weight excluding hydrogens is 853 g/mol. The maximum absolute atomic E-state index is 14.2. The lowest BCUT2D eigenvalue weighted by Crippen LogP contribution is -2.63. The largest absolute Gasteiger partial charge is 0.481 e. The molecule has 23 nitrogen and oxygen atoms in total. The van der Waals surface area contributed by atoms with Crippen LogP contribution in [0.15, 0.2) is 36.0 Å². The van der Waals surface area contributed by atoms with Crippen LogP contribution in [-0.4, -0.2) is 146 Å². The van der Waals surface area contributed by atoms with Crippen molar-refractivity contribution in [2.75, 3.05) is 20.2 Å². The molecule has 0 spiro atoms. The summed E-state index contributed by atoms with van der Waals surface area (Å²) in [5.41, 5.74) is 5.90. The third-order valence-corrected chi connectivity index (χ3v) is 10.6. The van der Waals surface area contributed by atoms with Gasteiger partial charge in [0.1, 0.15) is 42.5 Å². The Bertz CT molecular complexity index is 1790. The first kappa shape index (κ1) is 55.8. The number of rotatable bonds is 11. The van der Waals surface area contributed by atoms with Crippen LogP contribution in [0.4, 0.5) is 0 Å². The van der Waals surface area contributed by atoms with Crippen LogP contribution in [0.5, 0.6) is 0 Å². The fraction of sp³-hybridized carbons (Fsp3) is 0.641. The summed E-state index contributed by atoms with van der Waals surface area (Å²) in [6.45, 7) is 10.6. The van der Waals surface area contributed by atoms with E-state index in [0.29, 0.717) is 5.57 Å². The van der Waals surface area contributed by atoms with Crippen molar-refractivity contribution in [2.24, 2.45) is 29.4 Å². The van der Waals surface area contributed by atoms with E-state index in [0.717, 1.165) is 38.3 Å². The topological polar surface area (TPSA) is 367 Å². The van der Waals surface area contributed by atoms with E-state index in [1.54, 1.807) is 33.8 Å². The van der Waals surface area contributed by atoms with Gasteiger partial charge in [0.25, 0.3) is 11.9 Å². The average molecular weight is 918 g/mol. The number of amides is 5. The third-order valence-electron chi connectivity index (χ3n) is 10.1. The first-order chi connectivity index (χ1) is 29.1. The van der Waals surface area contributed by atoms with E-state index in [1.165, 1.54) is 12.2 Å². The van der Waals surface area contributed by atoms with Gasteiger partial charge < -0.3 is 66.5 Å². The number of aliphatic carboxylic acids is 1. The number of phosphoric acid groups is 1. The highest BCUT2D eigenvalue weighted by Crippen LogP contribution is 2.36. The van der Waals surface area contributed by atoms with E-state index in [9.17, 15) is 63.2 Å². The normalized spacial score (nSPS) is 28.6. The van der Waals surface area contributed by atoms with Gasteiger partial charge in [-0.25, -0.2) is 9.36 Å². The molecule has 1 aliphatic rings. The minimum Gasteiger partial charge on any atom is -0.481 e. The number of hydrogen-bond donors (Lipinski definition) is 11. The quantitative estimate of drug-likeness (QED) is 0.0387. The van der Waals surface area contributed by atoms with Crippen molar-refractivity contribution >= 4 is 55.3 Å². The smallest absolute Gasteiger partial charge is 0.469 e. The number of carboxylic acids is 1. The van der Waals surface area contributed by atoms with Gasteiger partial charge in [-0.2, -0.15) is 0 Å². The van der Waals surface area contributed by atoms with Gasteiger partial charge in [0.15, 0.2) is 0 Å².